The molecular formula is C21H20N2OS. The minimum absolute atomic E-state index is 0.0241. The van der Waals surface area contributed by atoms with Crippen LogP contribution in [0.2, 0.25) is 0 Å². The third kappa shape index (κ3) is 3.50. The third-order valence-electron chi connectivity index (χ3n) is 4.61. The van der Waals surface area contributed by atoms with Gasteiger partial charge in [-0.1, -0.05) is 48.5 Å². The maximum atomic E-state index is 13.1. The van der Waals surface area contributed by atoms with Crippen molar-refractivity contribution in [2.75, 3.05) is 11.9 Å². The number of hydrogen-bond acceptors (Lipinski definition) is 3. The Balaban J connectivity index is 1.62. The van der Waals surface area contributed by atoms with E-state index < -0.39 is 0 Å². The quantitative estimate of drug-likeness (QED) is 0.754. The van der Waals surface area contributed by atoms with E-state index in [0.29, 0.717) is 0 Å². The van der Waals surface area contributed by atoms with Crippen molar-refractivity contribution in [3.63, 3.8) is 0 Å². The zero-order valence-electron chi connectivity index (χ0n) is 13.9. The van der Waals surface area contributed by atoms with Crippen LogP contribution >= 0.6 is 11.3 Å². The first-order valence-corrected chi connectivity index (χ1v) is 9.39. The average molecular weight is 348 g/mol. The second kappa shape index (κ2) is 7.21. The molecule has 0 spiro atoms. The van der Waals surface area contributed by atoms with Crippen LogP contribution in [0, 0.1) is 0 Å². The lowest BCUT2D eigenvalue weighted by molar-refractivity contribution is -0.121. The van der Waals surface area contributed by atoms with Crippen LogP contribution in [0.5, 0.6) is 0 Å². The molecule has 1 aromatic heterocycles. The van der Waals surface area contributed by atoms with Crippen molar-refractivity contribution in [2.24, 2.45) is 0 Å². The molecule has 25 heavy (non-hydrogen) atoms. The van der Waals surface area contributed by atoms with Gasteiger partial charge >= 0.3 is 0 Å². The SMILES string of the molecule is O=C(Nc1ccccc1)[C@H](c1ccccc1)N1CCc2sccc2C1. The minimum Gasteiger partial charge on any atom is -0.324 e. The second-order valence-corrected chi connectivity index (χ2v) is 7.26. The van der Waals surface area contributed by atoms with Crippen LogP contribution in [0.15, 0.2) is 72.1 Å². The van der Waals surface area contributed by atoms with Crippen LogP contribution in [0.4, 0.5) is 5.69 Å². The molecule has 0 radical (unpaired) electrons. The number of nitrogens with one attached hydrogen (secondary N) is 1. The largest absolute Gasteiger partial charge is 0.324 e. The van der Waals surface area contributed by atoms with Gasteiger partial charge in [0.2, 0.25) is 5.91 Å². The molecule has 4 heteroatoms. The summed E-state index contributed by atoms with van der Waals surface area (Å²) in [6.45, 7) is 1.72. The predicted molar refractivity (Wildman–Crippen MR) is 103 cm³/mol. The molecule has 0 unspecified atom stereocenters. The number of thiophene rings is 1. The summed E-state index contributed by atoms with van der Waals surface area (Å²) in [4.78, 5) is 16.8. The summed E-state index contributed by atoms with van der Waals surface area (Å²) < 4.78 is 0. The first-order chi connectivity index (χ1) is 12.3. The number of para-hydroxylation sites is 1. The zero-order valence-corrected chi connectivity index (χ0v) is 14.7. The highest BCUT2D eigenvalue weighted by Crippen LogP contribution is 2.31. The average Bonchev–Trinajstić information content (AvgIpc) is 3.11. The van der Waals surface area contributed by atoms with Crippen LogP contribution in [-0.4, -0.2) is 17.4 Å². The van der Waals surface area contributed by atoms with Gasteiger partial charge in [-0.2, -0.15) is 0 Å². The predicted octanol–water partition coefficient (Wildman–Crippen LogP) is 4.49. The number of hydrogen-bond donors (Lipinski definition) is 1. The van der Waals surface area contributed by atoms with Crippen LogP contribution in [0.25, 0.3) is 0 Å². The van der Waals surface area contributed by atoms with Gasteiger partial charge < -0.3 is 5.32 Å². The lowest BCUT2D eigenvalue weighted by atomic mass is 10.0. The second-order valence-electron chi connectivity index (χ2n) is 6.26. The van der Waals surface area contributed by atoms with E-state index >= 15 is 0 Å². The summed E-state index contributed by atoms with van der Waals surface area (Å²) in [7, 11) is 0. The molecule has 0 bridgehead atoms. The molecule has 1 aliphatic heterocycles. The van der Waals surface area contributed by atoms with E-state index in [4.69, 9.17) is 0 Å². The topological polar surface area (TPSA) is 32.3 Å². The smallest absolute Gasteiger partial charge is 0.246 e. The highest BCUT2D eigenvalue weighted by molar-refractivity contribution is 7.10. The Labute approximate surface area is 151 Å². The van der Waals surface area contributed by atoms with Gasteiger partial charge in [0.05, 0.1) is 0 Å². The maximum Gasteiger partial charge on any atom is 0.246 e. The minimum atomic E-state index is -0.283. The Morgan fingerprint density at radius 3 is 2.48 bits per heavy atom. The zero-order chi connectivity index (χ0) is 17.1. The number of anilines is 1. The van der Waals surface area contributed by atoms with Gasteiger partial charge in [-0.15, -0.1) is 11.3 Å². The third-order valence-corrected chi connectivity index (χ3v) is 5.63. The summed E-state index contributed by atoms with van der Waals surface area (Å²) in [6, 6.07) is 21.6. The molecule has 0 saturated carbocycles. The Morgan fingerprint density at radius 2 is 1.72 bits per heavy atom. The lowest BCUT2D eigenvalue weighted by Gasteiger charge is -2.34. The van der Waals surface area contributed by atoms with E-state index in [0.717, 1.165) is 30.8 Å². The summed E-state index contributed by atoms with van der Waals surface area (Å²) in [5, 5.41) is 5.23. The van der Waals surface area contributed by atoms with Gasteiger partial charge in [0.15, 0.2) is 0 Å². The Hall–Kier alpha value is -2.43. The van der Waals surface area contributed by atoms with E-state index in [2.05, 4.69) is 21.7 Å². The fourth-order valence-corrected chi connectivity index (χ4v) is 4.28. The number of nitrogens with zero attached hydrogens (tertiary/aromatic N) is 1. The number of benzene rings is 2. The lowest BCUT2D eigenvalue weighted by Crippen LogP contribution is -2.40. The van der Waals surface area contributed by atoms with Gasteiger partial charge in [0.1, 0.15) is 6.04 Å². The molecule has 1 N–H and O–H groups in total. The van der Waals surface area contributed by atoms with Gasteiger partial charge in [0.25, 0.3) is 0 Å². The first kappa shape index (κ1) is 16.1. The number of rotatable bonds is 4. The van der Waals surface area contributed by atoms with Gasteiger partial charge in [-0.25, -0.2) is 0 Å². The first-order valence-electron chi connectivity index (χ1n) is 8.51. The van der Waals surface area contributed by atoms with E-state index in [1.54, 1.807) is 0 Å². The molecule has 4 rings (SSSR count). The number of carbonyl (C=O) groups is 1. The summed E-state index contributed by atoms with van der Waals surface area (Å²) in [6.07, 6.45) is 1.01. The number of carbonyl (C=O) groups excluding carboxylic acids is 1. The molecular weight excluding hydrogens is 328 g/mol. The van der Waals surface area contributed by atoms with E-state index in [-0.39, 0.29) is 11.9 Å². The fourth-order valence-electron chi connectivity index (χ4n) is 3.39. The van der Waals surface area contributed by atoms with E-state index in [1.165, 1.54) is 10.4 Å². The maximum absolute atomic E-state index is 13.1. The molecule has 0 fully saturated rings. The van der Waals surface area contributed by atoms with Gasteiger partial charge in [-0.05, 0) is 41.1 Å². The van der Waals surface area contributed by atoms with Gasteiger partial charge in [0, 0.05) is 23.7 Å². The molecule has 126 valence electrons. The molecule has 1 atom stereocenters. The van der Waals surface area contributed by atoms with Crippen molar-refractivity contribution >= 4 is 22.9 Å². The van der Waals surface area contributed by atoms with Crippen LogP contribution in [0.3, 0.4) is 0 Å². The summed E-state index contributed by atoms with van der Waals surface area (Å²) >= 11 is 1.82. The van der Waals surface area contributed by atoms with Crippen LogP contribution in [0.1, 0.15) is 22.0 Å². The molecule has 3 nitrogen and oxygen atoms in total. The van der Waals surface area contributed by atoms with Gasteiger partial charge in [-0.3, -0.25) is 9.69 Å². The molecule has 3 aromatic rings. The van der Waals surface area contributed by atoms with Crippen molar-refractivity contribution in [3.8, 4) is 0 Å². The standard InChI is InChI=1S/C21H20N2OS/c24-21(22-18-9-5-2-6-10-18)20(16-7-3-1-4-8-16)23-13-11-19-17(15-23)12-14-25-19/h1-10,12,14,20H,11,13,15H2,(H,22,24)/t20-/m0/s1. The van der Waals surface area contributed by atoms with Crippen molar-refractivity contribution < 1.29 is 4.79 Å². The van der Waals surface area contributed by atoms with Crippen molar-refractivity contribution in [2.45, 2.75) is 19.0 Å². The highest BCUT2D eigenvalue weighted by atomic mass is 32.1. The molecule has 0 aliphatic carbocycles. The molecule has 1 aliphatic rings. The fraction of sp³-hybridized carbons (Fsp3) is 0.190. The van der Waals surface area contributed by atoms with E-state index in [1.807, 2.05) is 72.0 Å². The van der Waals surface area contributed by atoms with Crippen molar-refractivity contribution in [1.29, 1.82) is 0 Å². The van der Waals surface area contributed by atoms with Crippen LogP contribution in [-0.2, 0) is 17.8 Å². The van der Waals surface area contributed by atoms with Crippen molar-refractivity contribution in [1.82, 2.24) is 4.90 Å². The Morgan fingerprint density at radius 1 is 1.00 bits per heavy atom. The number of fused-ring (bicyclic) bond motifs is 1. The normalized spacial score (nSPS) is 15.4. The highest BCUT2D eigenvalue weighted by Gasteiger charge is 2.30. The molecule has 2 heterocycles. The molecule has 0 saturated heterocycles. The monoisotopic (exact) mass is 348 g/mol. The Kier molecular flexibility index (Phi) is 4.63. The summed E-state index contributed by atoms with van der Waals surface area (Å²) in [5.74, 6) is 0.0241. The molecule has 1 amide bonds. The van der Waals surface area contributed by atoms with Crippen LogP contribution < -0.4 is 5.32 Å². The molecule has 2 aromatic carbocycles. The van der Waals surface area contributed by atoms with Crippen molar-refractivity contribution in [3.05, 3.63) is 88.1 Å². The Bertz CT molecular complexity index is 845. The summed E-state index contributed by atoms with van der Waals surface area (Å²) in [5.41, 5.74) is 3.22. The number of amides is 1. The van der Waals surface area contributed by atoms with E-state index in [9.17, 15) is 4.79 Å².